The lowest BCUT2D eigenvalue weighted by molar-refractivity contribution is -0.140. The number of hydrogen-bond donors (Lipinski definition) is 2. The maximum atomic E-state index is 10.4. The SMILES string of the molecule is CC(=O)SC[C@@H](CS)C(=O)O. The minimum absolute atomic E-state index is 0.0574. The van der Waals surface area contributed by atoms with Crippen LogP contribution in [-0.2, 0) is 9.59 Å². The van der Waals surface area contributed by atoms with E-state index in [2.05, 4.69) is 12.6 Å². The van der Waals surface area contributed by atoms with Gasteiger partial charge in [-0.2, -0.15) is 12.6 Å². The molecule has 3 nitrogen and oxygen atoms in total. The lowest BCUT2D eigenvalue weighted by Gasteiger charge is -2.05. The van der Waals surface area contributed by atoms with E-state index < -0.39 is 11.9 Å². The van der Waals surface area contributed by atoms with E-state index in [1.165, 1.54) is 6.92 Å². The van der Waals surface area contributed by atoms with Gasteiger partial charge in [-0.25, -0.2) is 0 Å². The summed E-state index contributed by atoms with van der Waals surface area (Å²) in [6, 6.07) is 0. The lowest BCUT2D eigenvalue weighted by atomic mass is 10.2. The summed E-state index contributed by atoms with van der Waals surface area (Å²) in [4.78, 5) is 20.8. The Balaban J connectivity index is 3.70. The summed E-state index contributed by atoms with van der Waals surface area (Å²) in [5.41, 5.74) is 0. The van der Waals surface area contributed by atoms with E-state index in [1.54, 1.807) is 0 Å². The highest BCUT2D eigenvalue weighted by molar-refractivity contribution is 8.13. The first-order chi connectivity index (χ1) is 5.07. The minimum Gasteiger partial charge on any atom is -0.481 e. The van der Waals surface area contributed by atoms with Gasteiger partial charge in [0.1, 0.15) is 0 Å². The highest BCUT2D eigenvalue weighted by atomic mass is 32.2. The predicted molar refractivity (Wildman–Crippen MR) is 48.1 cm³/mol. The second-order valence-corrected chi connectivity index (χ2v) is 3.58. The highest BCUT2D eigenvalue weighted by Crippen LogP contribution is 2.10. The van der Waals surface area contributed by atoms with Crippen LogP contribution in [0.25, 0.3) is 0 Å². The summed E-state index contributed by atoms with van der Waals surface area (Å²) in [6.45, 7) is 1.42. The van der Waals surface area contributed by atoms with Gasteiger partial charge < -0.3 is 5.11 Å². The molecule has 0 saturated heterocycles. The van der Waals surface area contributed by atoms with Crippen molar-refractivity contribution in [2.75, 3.05) is 11.5 Å². The Morgan fingerprint density at radius 1 is 1.64 bits per heavy atom. The molecule has 0 unspecified atom stereocenters. The molecule has 0 spiro atoms. The summed E-state index contributed by atoms with van der Waals surface area (Å²) < 4.78 is 0. The number of carbonyl (C=O) groups excluding carboxylic acids is 1. The number of carboxylic acids is 1. The molecule has 0 amide bonds. The van der Waals surface area contributed by atoms with E-state index >= 15 is 0 Å². The van der Waals surface area contributed by atoms with Gasteiger partial charge in [-0.3, -0.25) is 9.59 Å². The molecule has 0 aliphatic rings. The number of hydrogen-bond acceptors (Lipinski definition) is 4. The molecule has 0 radical (unpaired) electrons. The molecule has 0 aromatic carbocycles. The van der Waals surface area contributed by atoms with Crippen LogP contribution in [0.4, 0.5) is 0 Å². The molecule has 64 valence electrons. The molecule has 0 fully saturated rings. The summed E-state index contributed by atoms with van der Waals surface area (Å²) in [7, 11) is 0. The van der Waals surface area contributed by atoms with Crippen molar-refractivity contribution in [2.45, 2.75) is 6.92 Å². The molecule has 1 N–H and O–H groups in total. The Labute approximate surface area is 75.0 Å². The zero-order chi connectivity index (χ0) is 8.85. The zero-order valence-corrected chi connectivity index (χ0v) is 7.82. The van der Waals surface area contributed by atoms with Gasteiger partial charge in [-0.1, -0.05) is 11.8 Å². The van der Waals surface area contributed by atoms with Crippen molar-refractivity contribution >= 4 is 35.5 Å². The molecule has 0 aliphatic carbocycles. The number of carboxylic acid groups (broad SMARTS) is 1. The first-order valence-electron chi connectivity index (χ1n) is 3.05. The first-order valence-corrected chi connectivity index (χ1v) is 4.66. The molecule has 0 heterocycles. The number of thiol groups is 1. The molecular formula is C6H10O3S2. The smallest absolute Gasteiger partial charge is 0.308 e. The molecule has 0 aromatic rings. The van der Waals surface area contributed by atoms with Gasteiger partial charge in [-0.15, -0.1) is 0 Å². The molecule has 11 heavy (non-hydrogen) atoms. The van der Waals surface area contributed by atoms with Crippen molar-refractivity contribution in [1.29, 1.82) is 0 Å². The van der Waals surface area contributed by atoms with Crippen molar-refractivity contribution in [3.05, 3.63) is 0 Å². The number of aliphatic carboxylic acids is 1. The topological polar surface area (TPSA) is 54.4 Å². The second kappa shape index (κ2) is 5.49. The fourth-order valence-electron chi connectivity index (χ4n) is 0.420. The van der Waals surface area contributed by atoms with E-state index in [0.717, 1.165) is 11.8 Å². The van der Waals surface area contributed by atoms with Crippen LogP contribution in [0.1, 0.15) is 6.92 Å². The van der Waals surface area contributed by atoms with Crippen molar-refractivity contribution in [2.24, 2.45) is 5.92 Å². The molecular weight excluding hydrogens is 184 g/mol. The van der Waals surface area contributed by atoms with Crippen LogP contribution < -0.4 is 0 Å². The Hall–Kier alpha value is -0.160. The third-order valence-electron chi connectivity index (χ3n) is 1.06. The van der Waals surface area contributed by atoms with Crippen molar-refractivity contribution in [1.82, 2.24) is 0 Å². The van der Waals surface area contributed by atoms with Gasteiger partial charge in [-0.05, 0) is 0 Å². The fourth-order valence-corrected chi connectivity index (χ4v) is 1.58. The van der Waals surface area contributed by atoms with E-state index in [0.29, 0.717) is 5.75 Å². The first kappa shape index (κ1) is 10.8. The summed E-state index contributed by atoms with van der Waals surface area (Å²) in [5.74, 6) is -0.829. The molecule has 0 aromatic heterocycles. The van der Waals surface area contributed by atoms with Gasteiger partial charge in [0.05, 0.1) is 5.92 Å². The monoisotopic (exact) mass is 194 g/mol. The fraction of sp³-hybridized carbons (Fsp3) is 0.667. The standard InChI is InChI=1S/C6H10O3S2/c1-4(7)11-3-5(2-10)6(8)9/h5,10H,2-3H2,1H3,(H,8,9)/t5-/m1/s1. The van der Waals surface area contributed by atoms with Gasteiger partial charge in [0.2, 0.25) is 0 Å². The molecule has 0 aliphatic heterocycles. The van der Waals surface area contributed by atoms with Gasteiger partial charge >= 0.3 is 5.97 Å². The summed E-state index contributed by atoms with van der Waals surface area (Å²) in [6.07, 6.45) is 0. The van der Waals surface area contributed by atoms with E-state index in [4.69, 9.17) is 5.11 Å². The highest BCUT2D eigenvalue weighted by Gasteiger charge is 2.15. The van der Waals surface area contributed by atoms with Gasteiger partial charge in [0, 0.05) is 18.4 Å². The normalized spacial score (nSPS) is 12.5. The average Bonchev–Trinajstić information content (AvgIpc) is 1.87. The molecule has 0 rings (SSSR count). The largest absolute Gasteiger partial charge is 0.481 e. The molecule has 1 atom stereocenters. The summed E-state index contributed by atoms with van der Waals surface area (Å²) >= 11 is 4.88. The Morgan fingerprint density at radius 3 is 2.45 bits per heavy atom. The van der Waals surface area contributed by atoms with Crippen LogP contribution in [-0.4, -0.2) is 27.7 Å². The minimum atomic E-state index is -0.895. The summed E-state index contributed by atoms with van der Waals surface area (Å²) in [5, 5.41) is 8.46. The van der Waals surface area contributed by atoms with Crippen LogP contribution >= 0.6 is 24.4 Å². The van der Waals surface area contributed by atoms with Crippen LogP contribution in [0.3, 0.4) is 0 Å². The molecule has 0 saturated carbocycles. The van der Waals surface area contributed by atoms with E-state index in [1.807, 2.05) is 0 Å². The quantitative estimate of drug-likeness (QED) is 0.653. The van der Waals surface area contributed by atoms with Crippen LogP contribution in [0.15, 0.2) is 0 Å². The van der Waals surface area contributed by atoms with Gasteiger partial charge in [0.15, 0.2) is 5.12 Å². The maximum Gasteiger partial charge on any atom is 0.308 e. The van der Waals surface area contributed by atoms with Crippen molar-refractivity contribution in [3.8, 4) is 0 Å². The molecule has 0 bridgehead atoms. The van der Waals surface area contributed by atoms with E-state index in [-0.39, 0.29) is 10.9 Å². The average molecular weight is 194 g/mol. The second-order valence-electron chi connectivity index (χ2n) is 2.02. The third-order valence-corrected chi connectivity index (χ3v) is 2.47. The van der Waals surface area contributed by atoms with Crippen LogP contribution in [0, 0.1) is 5.92 Å². The number of thioether (sulfide) groups is 1. The maximum absolute atomic E-state index is 10.4. The van der Waals surface area contributed by atoms with Crippen molar-refractivity contribution in [3.63, 3.8) is 0 Å². The molecule has 5 heteroatoms. The van der Waals surface area contributed by atoms with Crippen molar-refractivity contribution < 1.29 is 14.7 Å². The zero-order valence-electron chi connectivity index (χ0n) is 6.11. The van der Waals surface area contributed by atoms with E-state index in [9.17, 15) is 9.59 Å². The predicted octanol–water partition coefficient (Wildman–Crippen LogP) is 0.897. The third kappa shape index (κ3) is 5.15. The Bertz CT molecular complexity index is 158. The number of carbonyl (C=O) groups is 2. The van der Waals surface area contributed by atoms with Crippen LogP contribution in [0.2, 0.25) is 0 Å². The Morgan fingerprint density at radius 2 is 2.18 bits per heavy atom. The van der Waals surface area contributed by atoms with Gasteiger partial charge in [0.25, 0.3) is 0 Å². The lowest BCUT2D eigenvalue weighted by Crippen LogP contribution is -2.18. The van der Waals surface area contributed by atoms with Crippen LogP contribution in [0.5, 0.6) is 0 Å². The Kier molecular flexibility index (Phi) is 5.41. The number of rotatable bonds is 4.